The Labute approximate surface area is 81.5 Å². The molecule has 0 aromatic heterocycles. The second kappa shape index (κ2) is 3.97. The summed E-state index contributed by atoms with van der Waals surface area (Å²) in [5.74, 6) is 0. The van der Waals surface area contributed by atoms with E-state index in [1.165, 1.54) is 6.42 Å². The second-order valence-electron chi connectivity index (χ2n) is 4.71. The van der Waals surface area contributed by atoms with Crippen LogP contribution >= 0.6 is 0 Å². The maximum Gasteiger partial charge on any atom is 0.0713 e. The molecule has 78 valence electrons. The van der Waals surface area contributed by atoms with Gasteiger partial charge in [0, 0.05) is 12.0 Å². The van der Waals surface area contributed by atoms with Crippen molar-refractivity contribution in [2.45, 2.75) is 58.0 Å². The lowest BCUT2D eigenvalue weighted by Crippen LogP contribution is -2.51. The normalized spacial score (nSPS) is 26.8. The fraction of sp³-hybridized carbons (Fsp3) is 1.00. The quantitative estimate of drug-likeness (QED) is 0.707. The van der Waals surface area contributed by atoms with Gasteiger partial charge in [0.15, 0.2) is 0 Å². The maximum atomic E-state index is 10.5. The Morgan fingerprint density at radius 2 is 1.85 bits per heavy atom. The van der Waals surface area contributed by atoms with E-state index in [0.717, 1.165) is 32.1 Å². The molecule has 1 rings (SSSR count). The minimum absolute atomic E-state index is 0.0760. The highest BCUT2D eigenvalue weighted by Crippen LogP contribution is 2.43. The van der Waals surface area contributed by atoms with Crippen molar-refractivity contribution < 1.29 is 5.11 Å². The molecular formula is C11H23NO. The van der Waals surface area contributed by atoms with E-state index in [9.17, 15) is 5.11 Å². The summed E-state index contributed by atoms with van der Waals surface area (Å²) in [7, 11) is 0. The number of hydrogen-bond acceptors (Lipinski definition) is 2. The van der Waals surface area contributed by atoms with E-state index in [2.05, 4.69) is 13.8 Å². The summed E-state index contributed by atoms with van der Waals surface area (Å²) >= 11 is 0. The fourth-order valence-electron chi connectivity index (χ4n) is 2.40. The molecule has 0 aromatic carbocycles. The second-order valence-corrected chi connectivity index (χ2v) is 4.71. The van der Waals surface area contributed by atoms with Gasteiger partial charge in [0.25, 0.3) is 0 Å². The van der Waals surface area contributed by atoms with E-state index in [1.54, 1.807) is 0 Å². The Morgan fingerprint density at radius 3 is 2.23 bits per heavy atom. The van der Waals surface area contributed by atoms with Crippen molar-refractivity contribution in [2.24, 2.45) is 11.1 Å². The van der Waals surface area contributed by atoms with Crippen LogP contribution in [0.2, 0.25) is 0 Å². The molecule has 0 heterocycles. The predicted octanol–water partition coefficient (Wildman–Crippen LogP) is 2.06. The molecule has 13 heavy (non-hydrogen) atoms. The van der Waals surface area contributed by atoms with Gasteiger partial charge in [-0.1, -0.05) is 33.1 Å². The van der Waals surface area contributed by atoms with Gasteiger partial charge in [-0.2, -0.15) is 0 Å². The van der Waals surface area contributed by atoms with E-state index in [0.29, 0.717) is 6.54 Å². The summed E-state index contributed by atoms with van der Waals surface area (Å²) in [5, 5.41) is 10.5. The SMILES string of the molecule is CCC(C)(CN)C1(O)CCCCC1. The van der Waals surface area contributed by atoms with Gasteiger partial charge in [-0.15, -0.1) is 0 Å². The summed E-state index contributed by atoms with van der Waals surface area (Å²) in [6.07, 6.45) is 6.44. The Morgan fingerprint density at radius 1 is 1.31 bits per heavy atom. The zero-order valence-corrected chi connectivity index (χ0v) is 8.97. The van der Waals surface area contributed by atoms with Gasteiger partial charge < -0.3 is 10.8 Å². The van der Waals surface area contributed by atoms with E-state index in [4.69, 9.17) is 5.73 Å². The van der Waals surface area contributed by atoms with Gasteiger partial charge in [0.05, 0.1) is 5.60 Å². The molecule has 0 spiro atoms. The molecule has 1 saturated carbocycles. The molecule has 1 atom stereocenters. The zero-order valence-electron chi connectivity index (χ0n) is 8.97. The van der Waals surface area contributed by atoms with Crippen molar-refractivity contribution in [1.29, 1.82) is 0 Å². The largest absolute Gasteiger partial charge is 0.389 e. The topological polar surface area (TPSA) is 46.2 Å². The third-order valence-electron chi connectivity index (χ3n) is 4.04. The van der Waals surface area contributed by atoms with E-state index >= 15 is 0 Å². The van der Waals surface area contributed by atoms with Crippen molar-refractivity contribution in [3.05, 3.63) is 0 Å². The van der Waals surface area contributed by atoms with Crippen molar-refractivity contribution in [3.63, 3.8) is 0 Å². The zero-order chi connectivity index (χ0) is 9.95. The highest BCUT2D eigenvalue weighted by atomic mass is 16.3. The molecule has 1 aliphatic carbocycles. The van der Waals surface area contributed by atoms with Crippen molar-refractivity contribution in [3.8, 4) is 0 Å². The lowest BCUT2D eigenvalue weighted by atomic mass is 9.65. The first-order chi connectivity index (χ1) is 6.08. The predicted molar refractivity (Wildman–Crippen MR) is 55.5 cm³/mol. The van der Waals surface area contributed by atoms with Crippen LogP contribution < -0.4 is 5.73 Å². The maximum absolute atomic E-state index is 10.5. The molecular weight excluding hydrogens is 162 g/mol. The highest BCUT2D eigenvalue weighted by Gasteiger charge is 2.44. The molecule has 0 amide bonds. The Hall–Kier alpha value is -0.0800. The number of nitrogens with two attached hydrogens (primary N) is 1. The Balaban J connectivity index is 2.74. The van der Waals surface area contributed by atoms with E-state index in [1.807, 2.05) is 0 Å². The first kappa shape index (κ1) is 11.0. The summed E-state index contributed by atoms with van der Waals surface area (Å²) in [6.45, 7) is 4.84. The van der Waals surface area contributed by atoms with Crippen LogP contribution in [0.3, 0.4) is 0 Å². The molecule has 1 fully saturated rings. The average Bonchev–Trinajstić information content (AvgIpc) is 2.17. The number of rotatable bonds is 3. The van der Waals surface area contributed by atoms with E-state index < -0.39 is 5.60 Å². The molecule has 1 aliphatic rings. The van der Waals surface area contributed by atoms with Crippen LogP contribution in [0.15, 0.2) is 0 Å². The summed E-state index contributed by atoms with van der Waals surface area (Å²) < 4.78 is 0. The number of hydrogen-bond donors (Lipinski definition) is 2. The van der Waals surface area contributed by atoms with Crippen LogP contribution in [0, 0.1) is 5.41 Å². The molecule has 0 aliphatic heterocycles. The van der Waals surface area contributed by atoms with Gasteiger partial charge in [-0.25, -0.2) is 0 Å². The highest BCUT2D eigenvalue weighted by molar-refractivity contribution is 4.97. The molecule has 2 heteroatoms. The molecule has 2 nitrogen and oxygen atoms in total. The lowest BCUT2D eigenvalue weighted by Gasteiger charge is -2.46. The molecule has 3 N–H and O–H groups in total. The van der Waals surface area contributed by atoms with Crippen LogP contribution in [0.4, 0.5) is 0 Å². The van der Waals surface area contributed by atoms with Crippen molar-refractivity contribution in [2.75, 3.05) is 6.54 Å². The third kappa shape index (κ3) is 1.89. The van der Waals surface area contributed by atoms with Crippen molar-refractivity contribution >= 4 is 0 Å². The minimum Gasteiger partial charge on any atom is -0.389 e. The molecule has 0 radical (unpaired) electrons. The monoisotopic (exact) mass is 185 g/mol. The van der Waals surface area contributed by atoms with Gasteiger partial charge >= 0.3 is 0 Å². The summed E-state index contributed by atoms with van der Waals surface area (Å²) in [6, 6.07) is 0. The fourth-order valence-corrected chi connectivity index (χ4v) is 2.40. The van der Waals surface area contributed by atoms with Gasteiger partial charge in [-0.05, 0) is 19.3 Å². The van der Waals surface area contributed by atoms with Gasteiger partial charge in [-0.3, -0.25) is 0 Å². The summed E-state index contributed by atoms with van der Waals surface area (Å²) in [4.78, 5) is 0. The molecule has 0 aromatic rings. The Bertz CT molecular complexity index is 157. The smallest absolute Gasteiger partial charge is 0.0713 e. The van der Waals surface area contributed by atoms with E-state index in [-0.39, 0.29) is 5.41 Å². The third-order valence-corrected chi connectivity index (χ3v) is 4.04. The van der Waals surface area contributed by atoms with Crippen LogP contribution in [-0.2, 0) is 0 Å². The van der Waals surface area contributed by atoms with Gasteiger partial charge in [0.2, 0.25) is 0 Å². The first-order valence-corrected chi connectivity index (χ1v) is 5.50. The first-order valence-electron chi connectivity index (χ1n) is 5.50. The average molecular weight is 185 g/mol. The van der Waals surface area contributed by atoms with Crippen molar-refractivity contribution in [1.82, 2.24) is 0 Å². The Kier molecular flexibility index (Phi) is 3.36. The van der Waals surface area contributed by atoms with Gasteiger partial charge in [0.1, 0.15) is 0 Å². The lowest BCUT2D eigenvalue weighted by molar-refractivity contribution is -0.0989. The van der Waals surface area contributed by atoms with Crippen LogP contribution in [0.1, 0.15) is 52.4 Å². The molecule has 1 unspecified atom stereocenters. The van der Waals surface area contributed by atoms with Crippen LogP contribution in [0.25, 0.3) is 0 Å². The molecule has 0 bridgehead atoms. The molecule has 0 saturated heterocycles. The number of aliphatic hydroxyl groups is 1. The summed E-state index contributed by atoms with van der Waals surface area (Å²) in [5.41, 5.74) is 5.21. The minimum atomic E-state index is -0.491. The van der Waals surface area contributed by atoms with Crippen LogP contribution in [0.5, 0.6) is 0 Å². The standard InChI is InChI=1S/C11H23NO/c1-3-10(2,9-12)11(13)7-5-4-6-8-11/h13H,3-9,12H2,1-2H3. The van der Waals surface area contributed by atoms with Crippen LogP contribution in [-0.4, -0.2) is 17.3 Å².